The van der Waals surface area contributed by atoms with Gasteiger partial charge in [-0.15, -0.1) is 0 Å². The topological polar surface area (TPSA) is 111 Å². The van der Waals surface area contributed by atoms with Crippen LogP contribution >= 0.6 is 0 Å². The molecule has 9 nitrogen and oxygen atoms in total. The number of piperidine rings is 1. The third kappa shape index (κ3) is 5.02. The minimum Gasteiger partial charge on any atom is -0.452 e. The normalized spacial score (nSPS) is 16.5. The number of benzene rings is 1. The molecular weight excluding hydrogens is 432 g/mol. The number of rotatable bonds is 6. The predicted molar refractivity (Wildman–Crippen MR) is 120 cm³/mol. The highest BCUT2D eigenvalue weighted by molar-refractivity contribution is 7.89. The largest absolute Gasteiger partial charge is 0.452 e. The Hall–Kier alpha value is -2.72. The highest BCUT2D eigenvalue weighted by atomic mass is 32.2. The van der Waals surface area contributed by atoms with Gasteiger partial charge in [0.15, 0.2) is 11.1 Å². The predicted octanol–water partition coefficient (Wildman–Crippen LogP) is 2.32. The number of esters is 1. The van der Waals surface area contributed by atoms with Crippen molar-refractivity contribution in [1.82, 2.24) is 13.9 Å². The summed E-state index contributed by atoms with van der Waals surface area (Å²) in [6.45, 7) is 7.45. The lowest BCUT2D eigenvalue weighted by atomic mass is 9.98. The van der Waals surface area contributed by atoms with E-state index in [0.29, 0.717) is 24.4 Å². The summed E-state index contributed by atoms with van der Waals surface area (Å²) in [4.78, 5) is 29.2. The first kappa shape index (κ1) is 23.9. The first-order valence-corrected chi connectivity index (χ1v) is 12.0. The zero-order chi connectivity index (χ0) is 23.6. The lowest BCUT2D eigenvalue weighted by Crippen LogP contribution is -2.42. The molecule has 0 radical (unpaired) electrons. The lowest BCUT2D eigenvalue weighted by molar-refractivity contribution is -0.158. The van der Waals surface area contributed by atoms with Crippen LogP contribution in [0.3, 0.4) is 0 Å². The summed E-state index contributed by atoms with van der Waals surface area (Å²) in [5.74, 6) is -0.737. The van der Waals surface area contributed by atoms with Crippen LogP contribution in [0, 0.1) is 26.7 Å². The van der Waals surface area contributed by atoms with Gasteiger partial charge >= 0.3 is 5.97 Å². The van der Waals surface area contributed by atoms with E-state index >= 15 is 0 Å². The van der Waals surface area contributed by atoms with E-state index in [9.17, 15) is 18.0 Å². The van der Waals surface area contributed by atoms with Crippen LogP contribution in [0.25, 0.3) is 0 Å². The van der Waals surface area contributed by atoms with Crippen LogP contribution in [0.5, 0.6) is 0 Å². The molecule has 1 aliphatic heterocycles. The summed E-state index contributed by atoms with van der Waals surface area (Å²) in [5.41, 5.74) is 2.56. The number of ether oxygens (including phenoxy) is 1. The molecule has 10 heteroatoms. The van der Waals surface area contributed by atoms with Gasteiger partial charge in [0, 0.05) is 32.0 Å². The lowest BCUT2D eigenvalue weighted by Gasteiger charge is -2.30. The molecule has 0 spiro atoms. The van der Waals surface area contributed by atoms with Gasteiger partial charge in [-0.05, 0) is 51.7 Å². The van der Waals surface area contributed by atoms with Crippen molar-refractivity contribution in [1.29, 1.82) is 0 Å². The minimum absolute atomic E-state index is 0.00955. The Bertz CT molecular complexity index is 1080. The van der Waals surface area contributed by atoms with Crippen LogP contribution in [-0.4, -0.2) is 53.3 Å². The van der Waals surface area contributed by atoms with Crippen molar-refractivity contribution in [3.63, 3.8) is 0 Å². The van der Waals surface area contributed by atoms with E-state index in [1.54, 1.807) is 18.5 Å². The average molecular weight is 463 g/mol. The van der Waals surface area contributed by atoms with E-state index < -0.39 is 33.9 Å². The Morgan fingerprint density at radius 1 is 1.16 bits per heavy atom. The molecule has 1 saturated heterocycles. The number of anilines is 1. The van der Waals surface area contributed by atoms with Crippen LogP contribution in [0.2, 0.25) is 0 Å². The van der Waals surface area contributed by atoms with Crippen LogP contribution in [0.4, 0.5) is 5.69 Å². The molecule has 2 aromatic rings. The van der Waals surface area contributed by atoms with Crippen molar-refractivity contribution in [2.24, 2.45) is 13.0 Å². The molecule has 1 aliphatic rings. The molecule has 0 bridgehead atoms. The Balaban J connectivity index is 1.55. The number of amides is 1. The van der Waals surface area contributed by atoms with Crippen molar-refractivity contribution in [3.05, 3.63) is 41.3 Å². The number of para-hydroxylation sites is 1. The van der Waals surface area contributed by atoms with E-state index in [2.05, 4.69) is 10.3 Å². The monoisotopic (exact) mass is 462 g/mol. The average Bonchev–Trinajstić information content (AvgIpc) is 3.10. The zero-order valence-corrected chi connectivity index (χ0v) is 19.9. The highest BCUT2D eigenvalue weighted by Crippen LogP contribution is 2.25. The smallest absolute Gasteiger partial charge is 0.309 e. The molecule has 1 aromatic carbocycles. The Morgan fingerprint density at radius 3 is 2.28 bits per heavy atom. The molecule has 174 valence electrons. The quantitative estimate of drug-likeness (QED) is 0.660. The molecule has 1 unspecified atom stereocenters. The molecule has 1 aromatic heterocycles. The molecule has 1 N–H and O–H groups in total. The second kappa shape index (κ2) is 9.41. The second-order valence-electron chi connectivity index (χ2n) is 8.25. The van der Waals surface area contributed by atoms with Crippen molar-refractivity contribution in [2.45, 2.75) is 51.7 Å². The molecular formula is C22H30N4O5S. The molecule has 3 rings (SSSR count). The van der Waals surface area contributed by atoms with E-state index in [0.717, 1.165) is 11.1 Å². The van der Waals surface area contributed by atoms with Gasteiger partial charge < -0.3 is 14.6 Å². The minimum atomic E-state index is -3.71. The number of nitrogens with zero attached hydrogens (tertiary/aromatic N) is 3. The Labute approximate surface area is 188 Å². The first-order valence-electron chi connectivity index (χ1n) is 10.6. The zero-order valence-electron chi connectivity index (χ0n) is 19.1. The number of aryl methyl sites for hydroxylation is 4. The molecule has 32 heavy (non-hydrogen) atoms. The van der Waals surface area contributed by atoms with Gasteiger partial charge in [0.05, 0.1) is 5.92 Å². The summed E-state index contributed by atoms with van der Waals surface area (Å²) in [6.07, 6.45) is 1.19. The Morgan fingerprint density at radius 2 is 1.75 bits per heavy atom. The van der Waals surface area contributed by atoms with Gasteiger partial charge in [0.25, 0.3) is 15.9 Å². The fourth-order valence-electron chi connectivity index (χ4n) is 3.68. The van der Waals surface area contributed by atoms with E-state index in [4.69, 9.17) is 4.74 Å². The van der Waals surface area contributed by atoms with Gasteiger partial charge in [-0.3, -0.25) is 9.59 Å². The first-order chi connectivity index (χ1) is 15.0. The summed E-state index contributed by atoms with van der Waals surface area (Å²) in [7, 11) is -1.97. The number of carbonyl (C=O) groups is 2. The highest BCUT2D eigenvalue weighted by Gasteiger charge is 2.35. The molecule has 1 amide bonds. The number of nitrogens with one attached hydrogen (secondary N) is 1. The van der Waals surface area contributed by atoms with Crippen molar-refractivity contribution < 1.29 is 22.7 Å². The van der Waals surface area contributed by atoms with E-state index in [-0.39, 0.29) is 18.1 Å². The molecule has 2 heterocycles. The van der Waals surface area contributed by atoms with Crippen LogP contribution < -0.4 is 5.32 Å². The number of imidazole rings is 1. The van der Waals surface area contributed by atoms with Gasteiger partial charge in [0.2, 0.25) is 0 Å². The molecule has 1 atom stereocenters. The van der Waals surface area contributed by atoms with Crippen LogP contribution in [-0.2, 0) is 31.4 Å². The standard InChI is InChI=1S/C22H30N4O5S/c1-14-7-6-8-15(2)20(14)24-21(27)16(3)31-22(28)18-9-11-26(12-10-18)32(29,30)19-13-25(5)17(4)23-19/h6-8,13,16,18H,9-12H2,1-5H3,(H,24,27). The molecule has 1 fully saturated rings. The van der Waals surface area contributed by atoms with Crippen LogP contribution in [0.1, 0.15) is 36.7 Å². The van der Waals surface area contributed by atoms with E-state index in [1.165, 1.54) is 17.4 Å². The summed E-state index contributed by atoms with van der Waals surface area (Å²) >= 11 is 0. The third-order valence-electron chi connectivity index (χ3n) is 5.87. The number of hydrogen-bond acceptors (Lipinski definition) is 6. The van der Waals surface area contributed by atoms with Crippen molar-refractivity contribution in [3.8, 4) is 0 Å². The molecule has 0 saturated carbocycles. The third-order valence-corrected chi connectivity index (χ3v) is 7.64. The fraction of sp³-hybridized carbons (Fsp3) is 0.500. The van der Waals surface area contributed by atoms with Crippen molar-refractivity contribution in [2.75, 3.05) is 18.4 Å². The van der Waals surface area contributed by atoms with Gasteiger partial charge in [-0.2, -0.15) is 4.31 Å². The number of aromatic nitrogens is 2. The second-order valence-corrected chi connectivity index (χ2v) is 10.1. The van der Waals surface area contributed by atoms with Crippen LogP contribution in [0.15, 0.2) is 29.4 Å². The maximum Gasteiger partial charge on any atom is 0.309 e. The fourth-order valence-corrected chi connectivity index (χ4v) is 5.17. The summed E-state index contributed by atoms with van der Waals surface area (Å²) in [6, 6.07) is 5.70. The summed E-state index contributed by atoms with van der Waals surface area (Å²) in [5, 5.41) is 2.84. The van der Waals surface area contributed by atoms with Gasteiger partial charge in [-0.25, -0.2) is 13.4 Å². The van der Waals surface area contributed by atoms with Gasteiger partial charge in [-0.1, -0.05) is 18.2 Å². The number of hydrogen-bond donors (Lipinski definition) is 1. The number of sulfonamides is 1. The summed E-state index contributed by atoms with van der Waals surface area (Å²) < 4.78 is 34.0. The van der Waals surface area contributed by atoms with E-state index in [1.807, 2.05) is 32.0 Å². The van der Waals surface area contributed by atoms with Gasteiger partial charge in [0.1, 0.15) is 5.82 Å². The SMILES string of the molecule is Cc1cccc(C)c1NC(=O)C(C)OC(=O)C1CCN(S(=O)(=O)c2cn(C)c(C)n2)CC1. The number of carbonyl (C=O) groups excluding carboxylic acids is 2. The maximum atomic E-state index is 12.8. The maximum absolute atomic E-state index is 12.8. The molecule has 0 aliphatic carbocycles. The van der Waals surface area contributed by atoms with Crippen molar-refractivity contribution >= 4 is 27.6 Å². The Kier molecular flexibility index (Phi) is 7.04.